The summed E-state index contributed by atoms with van der Waals surface area (Å²) in [5, 5.41) is 8.93. The Morgan fingerprint density at radius 2 is 2.00 bits per heavy atom. The fourth-order valence-electron chi connectivity index (χ4n) is 1.47. The van der Waals surface area contributed by atoms with Crippen LogP contribution in [-0.2, 0) is 9.53 Å². The smallest absolute Gasteiger partial charge is 0.410 e. The van der Waals surface area contributed by atoms with E-state index < -0.39 is 23.6 Å². The van der Waals surface area contributed by atoms with Gasteiger partial charge < -0.3 is 14.7 Å². The number of nitrogens with zero attached hydrogens (tertiary/aromatic N) is 1. The summed E-state index contributed by atoms with van der Waals surface area (Å²) in [5.74, 6) is 0.232. The Hall–Kier alpha value is -0.910. The fourth-order valence-corrected chi connectivity index (χ4v) is 2.28. The second kappa shape index (κ2) is 5.82. The summed E-state index contributed by atoms with van der Waals surface area (Å²) in [5.41, 5.74) is -0.557. The second-order valence-electron chi connectivity index (χ2n) is 5.56. The summed E-state index contributed by atoms with van der Waals surface area (Å²) in [6.45, 7) is 7.22. The Kier molecular flexibility index (Phi) is 4.90. The minimum Gasteiger partial charge on any atom is -0.481 e. The van der Waals surface area contributed by atoms with E-state index in [2.05, 4.69) is 0 Å². The molecule has 0 saturated carbocycles. The third kappa shape index (κ3) is 4.40. The van der Waals surface area contributed by atoms with Gasteiger partial charge in [-0.3, -0.25) is 4.79 Å². The lowest BCUT2D eigenvalue weighted by Crippen LogP contribution is -2.51. The van der Waals surface area contributed by atoms with Gasteiger partial charge in [-0.15, -0.1) is 0 Å². The van der Waals surface area contributed by atoms with Gasteiger partial charge in [0.1, 0.15) is 5.60 Å². The number of hydrogen-bond donors (Lipinski definition) is 1. The molecule has 1 amide bonds. The predicted octanol–water partition coefficient (Wildman–Crippen LogP) is 2.06. The van der Waals surface area contributed by atoms with Crippen molar-refractivity contribution < 1.29 is 19.4 Å². The van der Waals surface area contributed by atoms with E-state index in [1.54, 1.807) is 44.4 Å². The quantitative estimate of drug-likeness (QED) is 0.850. The van der Waals surface area contributed by atoms with Crippen molar-refractivity contribution in [3.05, 3.63) is 0 Å². The lowest BCUT2D eigenvalue weighted by Gasteiger charge is -2.38. The van der Waals surface area contributed by atoms with Crippen LogP contribution in [0.3, 0.4) is 0 Å². The number of aliphatic carboxylic acids is 1. The number of rotatable bonds is 4. The molecule has 1 rings (SSSR count). The number of carbonyl (C=O) groups excluding carboxylic acids is 1. The normalized spacial score (nSPS) is 17.8. The Labute approximate surface area is 112 Å². The number of carboxylic acid groups (broad SMARTS) is 1. The summed E-state index contributed by atoms with van der Waals surface area (Å²) in [6, 6.07) is 0.103. The molecule has 0 aromatic rings. The van der Waals surface area contributed by atoms with Crippen LogP contribution in [0.4, 0.5) is 4.79 Å². The van der Waals surface area contributed by atoms with Crippen LogP contribution in [0.5, 0.6) is 0 Å². The van der Waals surface area contributed by atoms with Crippen molar-refractivity contribution >= 4 is 23.8 Å². The van der Waals surface area contributed by atoms with Crippen LogP contribution >= 0.6 is 11.8 Å². The zero-order chi connectivity index (χ0) is 13.9. The highest BCUT2D eigenvalue weighted by molar-refractivity contribution is 8.00. The van der Waals surface area contributed by atoms with Crippen LogP contribution in [0.1, 0.15) is 27.7 Å². The van der Waals surface area contributed by atoms with Gasteiger partial charge in [-0.05, 0) is 20.8 Å². The van der Waals surface area contributed by atoms with E-state index in [-0.39, 0.29) is 12.6 Å². The molecule has 0 radical (unpaired) electrons. The monoisotopic (exact) mass is 275 g/mol. The number of amides is 1. The third-order valence-corrected chi connectivity index (χ3v) is 3.82. The molecule has 0 bridgehead atoms. The number of carbonyl (C=O) groups is 2. The molecule has 1 aliphatic heterocycles. The molecule has 18 heavy (non-hydrogen) atoms. The lowest BCUT2D eigenvalue weighted by molar-refractivity contribution is -0.141. The molecule has 0 aliphatic carbocycles. The Morgan fingerprint density at radius 3 is 2.33 bits per heavy atom. The van der Waals surface area contributed by atoms with Gasteiger partial charge >= 0.3 is 12.1 Å². The van der Waals surface area contributed by atoms with E-state index >= 15 is 0 Å². The van der Waals surface area contributed by atoms with Crippen LogP contribution < -0.4 is 0 Å². The van der Waals surface area contributed by atoms with E-state index in [9.17, 15) is 9.59 Å². The minimum absolute atomic E-state index is 0.103. The first-order valence-electron chi connectivity index (χ1n) is 6.01. The zero-order valence-electron chi connectivity index (χ0n) is 11.3. The SMILES string of the molecule is CC(CN(C(=O)OC(C)(C)C)C1CSC1)C(=O)O. The Balaban J connectivity index is 2.66. The van der Waals surface area contributed by atoms with Gasteiger partial charge in [-0.25, -0.2) is 4.79 Å². The molecule has 1 fully saturated rings. The second-order valence-corrected chi connectivity index (χ2v) is 6.64. The van der Waals surface area contributed by atoms with Crippen LogP contribution in [0.15, 0.2) is 0 Å². The van der Waals surface area contributed by atoms with Crippen LogP contribution in [0.2, 0.25) is 0 Å². The van der Waals surface area contributed by atoms with E-state index in [4.69, 9.17) is 9.84 Å². The topological polar surface area (TPSA) is 66.8 Å². The van der Waals surface area contributed by atoms with Gasteiger partial charge in [0.2, 0.25) is 0 Å². The van der Waals surface area contributed by atoms with Crippen molar-refractivity contribution in [3.63, 3.8) is 0 Å². The molecule has 1 unspecified atom stereocenters. The highest BCUT2D eigenvalue weighted by atomic mass is 32.2. The predicted molar refractivity (Wildman–Crippen MR) is 70.9 cm³/mol. The summed E-state index contributed by atoms with van der Waals surface area (Å²) in [7, 11) is 0. The molecule has 0 spiro atoms. The van der Waals surface area contributed by atoms with Crippen molar-refractivity contribution in [2.24, 2.45) is 5.92 Å². The molecular formula is C12H21NO4S. The van der Waals surface area contributed by atoms with Crippen molar-refractivity contribution in [2.45, 2.75) is 39.3 Å². The summed E-state index contributed by atoms with van der Waals surface area (Å²) in [4.78, 5) is 24.5. The van der Waals surface area contributed by atoms with Gasteiger partial charge in [-0.2, -0.15) is 11.8 Å². The van der Waals surface area contributed by atoms with Crippen LogP contribution in [-0.4, -0.2) is 51.8 Å². The average molecular weight is 275 g/mol. The molecule has 1 heterocycles. The van der Waals surface area contributed by atoms with Crippen LogP contribution in [0.25, 0.3) is 0 Å². The number of thioether (sulfide) groups is 1. The Bertz CT molecular complexity index is 323. The lowest BCUT2D eigenvalue weighted by atomic mass is 10.1. The van der Waals surface area contributed by atoms with E-state index in [0.717, 1.165) is 11.5 Å². The highest BCUT2D eigenvalue weighted by Crippen LogP contribution is 2.25. The van der Waals surface area contributed by atoms with Gasteiger partial charge in [0, 0.05) is 18.1 Å². The summed E-state index contributed by atoms with van der Waals surface area (Å²) < 4.78 is 5.32. The molecule has 0 aromatic heterocycles. The molecule has 1 atom stereocenters. The first-order valence-corrected chi connectivity index (χ1v) is 7.16. The van der Waals surface area contributed by atoms with Gasteiger partial charge in [0.15, 0.2) is 0 Å². The number of carboxylic acids is 1. The van der Waals surface area contributed by atoms with Crippen molar-refractivity contribution in [2.75, 3.05) is 18.1 Å². The molecule has 1 saturated heterocycles. The maximum atomic E-state index is 12.1. The molecular weight excluding hydrogens is 254 g/mol. The zero-order valence-corrected chi connectivity index (χ0v) is 12.1. The maximum absolute atomic E-state index is 12.1. The summed E-state index contributed by atoms with van der Waals surface area (Å²) in [6.07, 6.45) is -0.416. The molecule has 5 nitrogen and oxygen atoms in total. The largest absolute Gasteiger partial charge is 0.481 e. The third-order valence-electron chi connectivity index (χ3n) is 2.58. The maximum Gasteiger partial charge on any atom is 0.410 e. The molecule has 1 N–H and O–H groups in total. The average Bonchev–Trinajstić information content (AvgIpc) is 2.10. The van der Waals surface area contributed by atoms with E-state index in [1.165, 1.54) is 0 Å². The molecule has 0 aromatic carbocycles. The fraction of sp³-hybridized carbons (Fsp3) is 0.833. The number of hydrogen-bond acceptors (Lipinski definition) is 4. The van der Waals surface area contributed by atoms with Crippen molar-refractivity contribution in [1.29, 1.82) is 0 Å². The van der Waals surface area contributed by atoms with Gasteiger partial charge in [0.05, 0.1) is 12.0 Å². The van der Waals surface area contributed by atoms with Gasteiger partial charge in [0.25, 0.3) is 0 Å². The molecule has 1 aliphatic rings. The Morgan fingerprint density at radius 1 is 1.44 bits per heavy atom. The summed E-state index contributed by atoms with van der Waals surface area (Å²) >= 11 is 1.75. The number of ether oxygens (including phenoxy) is 1. The molecule has 104 valence electrons. The van der Waals surface area contributed by atoms with Crippen LogP contribution in [0, 0.1) is 5.92 Å². The highest BCUT2D eigenvalue weighted by Gasteiger charge is 2.34. The van der Waals surface area contributed by atoms with E-state index in [0.29, 0.717) is 0 Å². The van der Waals surface area contributed by atoms with Gasteiger partial charge in [-0.1, -0.05) is 6.92 Å². The minimum atomic E-state index is -0.893. The first kappa shape index (κ1) is 15.1. The van der Waals surface area contributed by atoms with Crippen molar-refractivity contribution in [1.82, 2.24) is 4.90 Å². The standard InChI is InChI=1S/C12H21NO4S/c1-8(10(14)15)5-13(9-6-18-7-9)11(16)17-12(2,3)4/h8-9H,5-7H2,1-4H3,(H,14,15). The van der Waals surface area contributed by atoms with Crippen molar-refractivity contribution in [3.8, 4) is 0 Å². The van der Waals surface area contributed by atoms with E-state index in [1.807, 2.05) is 0 Å². The first-order chi connectivity index (χ1) is 8.20. The molecule has 6 heteroatoms.